The zero-order valence-electron chi connectivity index (χ0n) is 14.8. The first-order chi connectivity index (χ1) is 12.5. The number of rotatable bonds is 4. The molecule has 1 saturated heterocycles. The molecule has 1 fully saturated rings. The number of halogens is 2. The molecule has 138 valence electrons. The van der Waals surface area contributed by atoms with E-state index in [1.54, 1.807) is 6.07 Å². The van der Waals surface area contributed by atoms with Gasteiger partial charge in [-0.3, -0.25) is 0 Å². The van der Waals surface area contributed by atoms with Gasteiger partial charge in [-0.1, -0.05) is 30.7 Å². The lowest BCUT2D eigenvalue weighted by atomic mass is 9.99. The maximum Gasteiger partial charge on any atom is 0.171 e. The predicted molar refractivity (Wildman–Crippen MR) is 112 cm³/mol. The zero-order valence-corrected chi connectivity index (χ0v) is 16.3. The van der Waals surface area contributed by atoms with E-state index < -0.39 is 5.82 Å². The molecule has 26 heavy (non-hydrogen) atoms. The SMILES string of the molecule is CC1CCCN(c2ccc(CNC(=S)Nc3ccc(F)c(Cl)c3)cc2)C1. The Labute approximate surface area is 164 Å². The Morgan fingerprint density at radius 2 is 2.04 bits per heavy atom. The van der Waals surface area contributed by atoms with Crippen molar-refractivity contribution in [2.75, 3.05) is 23.3 Å². The molecule has 0 amide bonds. The molecular formula is C20H23ClFN3S. The number of hydrogen-bond acceptors (Lipinski definition) is 2. The van der Waals surface area contributed by atoms with Crippen molar-refractivity contribution in [3.8, 4) is 0 Å². The van der Waals surface area contributed by atoms with Crippen LogP contribution < -0.4 is 15.5 Å². The molecule has 0 aromatic heterocycles. The quantitative estimate of drug-likeness (QED) is 0.700. The van der Waals surface area contributed by atoms with Crippen molar-refractivity contribution in [1.29, 1.82) is 0 Å². The Morgan fingerprint density at radius 1 is 1.27 bits per heavy atom. The van der Waals surface area contributed by atoms with Gasteiger partial charge in [0.25, 0.3) is 0 Å². The molecule has 2 N–H and O–H groups in total. The summed E-state index contributed by atoms with van der Waals surface area (Å²) in [6.45, 7) is 5.20. The molecule has 2 aromatic carbocycles. The topological polar surface area (TPSA) is 27.3 Å². The molecule has 1 heterocycles. The van der Waals surface area contributed by atoms with Gasteiger partial charge in [0.2, 0.25) is 0 Å². The Kier molecular flexibility index (Phi) is 6.33. The summed E-state index contributed by atoms with van der Waals surface area (Å²) in [5.41, 5.74) is 3.09. The van der Waals surface area contributed by atoms with Crippen LogP contribution in [0, 0.1) is 11.7 Å². The second-order valence-electron chi connectivity index (χ2n) is 6.80. The highest BCUT2D eigenvalue weighted by Gasteiger charge is 2.16. The Hall–Kier alpha value is -1.85. The summed E-state index contributed by atoms with van der Waals surface area (Å²) in [4.78, 5) is 2.45. The number of hydrogen-bond donors (Lipinski definition) is 2. The van der Waals surface area contributed by atoms with E-state index in [-0.39, 0.29) is 5.02 Å². The first kappa shape index (κ1) is 18.9. The predicted octanol–water partition coefficient (Wildman–Crippen LogP) is 5.20. The fourth-order valence-electron chi connectivity index (χ4n) is 3.18. The van der Waals surface area contributed by atoms with Gasteiger partial charge in [0.05, 0.1) is 5.02 Å². The number of nitrogens with zero attached hydrogens (tertiary/aromatic N) is 1. The number of nitrogens with one attached hydrogen (secondary N) is 2. The van der Waals surface area contributed by atoms with Crippen molar-refractivity contribution in [2.24, 2.45) is 5.92 Å². The van der Waals surface area contributed by atoms with Gasteiger partial charge in [-0.05, 0) is 66.9 Å². The lowest BCUT2D eigenvalue weighted by molar-refractivity contribution is 0.447. The summed E-state index contributed by atoms with van der Waals surface area (Å²) in [5, 5.41) is 6.71. The van der Waals surface area contributed by atoms with Gasteiger partial charge in [-0.25, -0.2) is 4.39 Å². The van der Waals surface area contributed by atoms with Crippen molar-refractivity contribution in [3.63, 3.8) is 0 Å². The molecular weight excluding hydrogens is 369 g/mol. The third-order valence-corrected chi connectivity index (χ3v) is 5.13. The molecule has 3 nitrogen and oxygen atoms in total. The molecule has 1 unspecified atom stereocenters. The third kappa shape index (κ3) is 5.08. The van der Waals surface area contributed by atoms with Crippen molar-refractivity contribution < 1.29 is 4.39 Å². The number of anilines is 2. The first-order valence-corrected chi connectivity index (χ1v) is 9.63. The van der Waals surface area contributed by atoms with Crippen LogP contribution in [0.3, 0.4) is 0 Å². The van der Waals surface area contributed by atoms with E-state index in [9.17, 15) is 4.39 Å². The summed E-state index contributed by atoms with van der Waals surface area (Å²) in [5.74, 6) is 0.313. The highest BCUT2D eigenvalue weighted by molar-refractivity contribution is 7.80. The lowest BCUT2D eigenvalue weighted by Crippen LogP contribution is -2.34. The minimum absolute atomic E-state index is 0.0698. The second-order valence-corrected chi connectivity index (χ2v) is 7.61. The van der Waals surface area contributed by atoms with Crippen LogP contribution >= 0.6 is 23.8 Å². The van der Waals surface area contributed by atoms with Crippen molar-refractivity contribution in [1.82, 2.24) is 5.32 Å². The Bertz CT molecular complexity index is 766. The molecule has 0 bridgehead atoms. The Balaban J connectivity index is 1.51. The van der Waals surface area contributed by atoms with Gasteiger partial charge in [0, 0.05) is 31.0 Å². The van der Waals surface area contributed by atoms with E-state index >= 15 is 0 Å². The van der Waals surface area contributed by atoms with Gasteiger partial charge in [-0.15, -0.1) is 0 Å². The van der Waals surface area contributed by atoms with E-state index in [1.807, 2.05) is 0 Å². The van der Waals surface area contributed by atoms with Gasteiger partial charge < -0.3 is 15.5 Å². The van der Waals surface area contributed by atoms with Crippen LogP contribution in [0.25, 0.3) is 0 Å². The van der Waals surface area contributed by atoms with Crippen LogP contribution in [0.4, 0.5) is 15.8 Å². The summed E-state index contributed by atoms with van der Waals surface area (Å²) in [6.07, 6.45) is 2.58. The largest absolute Gasteiger partial charge is 0.371 e. The molecule has 0 radical (unpaired) electrons. The maximum absolute atomic E-state index is 13.2. The van der Waals surface area contributed by atoms with Crippen molar-refractivity contribution >= 4 is 40.3 Å². The molecule has 0 aliphatic carbocycles. The highest BCUT2D eigenvalue weighted by Crippen LogP contribution is 2.23. The van der Waals surface area contributed by atoms with E-state index in [2.05, 4.69) is 46.7 Å². The van der Waals surface area contributed by atoms with Crippen molar-refractivity contribution in [2.45, 2.75) is 26.3 Å². The van der Waals surface area contributed by atoms with Gasteiger partial charge in [0.15, 0.2) is 5.11 Å². The van der Waals surface area contributed by atoms with Crippen LogP contribution in [-0.4, -0.2) is 18.2 Å². The number of benzene rings is 2. The lowest BCUT2D eigenvalue weighted by Gasteiger charge is -2.32. The maximum atomic E-state index is 13.2. The number of thiocarbonyl (C=S) groups is 1. The summed E-state index contributed by atoms with van der Waals surface area (Å²) >= 11 is 11.1. The second kappa shape index (κ2) is 8.69. The first-order valence-electron chi connectivity index (χ1n) is 8.85. The van der Waals surface area contributed by atoms with Crippen LogP contribution in [0.2, 0.25) is 5.02 Å². The molecule has 0 saturated carbocycles. The highest BCUT2D eigenvalue weighted by atomic mass is 35.5. The van der Waals surface area contributed by atoms with Crippen LogP contribution in [-0.2, 0) is 6.54 Å². The van der Waals surface area contributed by atoms with Crippen LogP contribution in [0.5, 0.6) is 0 Å². The van der Waals surface area contributed by atoms with Gasteiger partial charge in [0.1, 0.15) is 5.82 Å². The van der Waals surface area contributed by atoms with Crippen LogP contribution in [0.15, 0.2) is 42.5 Å². The molecule has 1 aliphatic rings. The minimum atomic E-state index is -0.445. The average molecular weight is 392 g/mol. The minimum Gasteiger partial charge on any atom is -0.371 e. The van der Waals surface area contributed by atoms with Crippen molar-refractivity contribution in [3.05, 3.63) is 58.9 Å². The van der Waals surface area contributed by atoms with E-state index in [0.29, 0.717) is 17.3 Å². The fraction of sp³-hybridized carbons (Fsp3) is 0.350. The monoisotopic (exact) mass is 391 g/mol. The molecule has 2 aromatic rings. The molecule has 1 aliphatic heterocycles. The normalized spacial score (nSPS) is 17.0. The smallest absolute Gasteiger partial charge is 0.171 e. The molecule has 3 rings (SSSR count). The summed E-state index contributed by atoms with van der Waals surface area (Å²) < 4.78 is 13.2. The number of piperidine rings is 1. The zero-order chi connectivity index (χ0) is 18.5. The molecule has 6 heteroatoms. The fourth-order valence-corrected chi connectivity index (χ4v) is 3.55. The van der Waals surface area contributed by atoms with E-state index in [1.165, 1.54) is 30.7 Å². The molecule has 1 atom stereocenters. The third-order valence-electron chi connectivity index (χ3n) is 4.59. The standard InChI is InChI=1S/C20H23ClFN3S/c1-14-3-2-10-25(13-14)17-7-4-15(5-8-17)12-23-20(26)24-16-6-9-19(22)18(21)11-16/h4-9,11,14H,2-3,10,12-13H2,1H3,(H2,23,24,26). The van der Waals surface area contributed by atoms with E-state index in [4.69, 9.17) is 23.8 Å². The van der Waals surface area contributed by atoms with Crippen LogP contribution in [0.1, 0.15) is 25.3 Å². The van der Waals surface area contributed by atoms with Gasteiger partial charge in [-0.2, -0.15) is 0 Å². The summed E-state index contributed by atoms with van der Waals surface area (Å²) in [7, 11) is 0. The summed E-state index contributed by atoms with van der Waals surface area (Å²) in [6, 6.07) is 13.0. The van der Waals surface area contributed by atoms with E-state index in [0.717, 1.165) is 24.6 Å². The Morgan fingerprint density at radius 3 is 2.73 bits per heavy atom. The van der Waals surface area contributed by atoms with Gasteiger partial charge >= 0.3 is 0 Å². The average Bonchev–Trinajstić information content (AvgIpc) is 2.63. The molecule has 0 spiro atoms.